The number of benzene rings is 2. The Morgan fingerprint density at radius 3 is 2.91 bits per heavy atom. The number of nitrogens with zero attached hydrogens (tertiary/aromatic N) is 1. The number of aromatic amines is 1. The van der Waals surface area contributed by atoms with Gasteiger partial charge in [0.2, 0.25) is 5.95 Å². The Morgan fingerprint density at radius 1 is 1.27 bits per heavy atom. The van der Waals surface area contributed by atoms with Gasteiger partial charge in [-0.3, -0.25) is 9.78 Å². The van der Waals surface area contributed by atoms with Crippen LogP contribution in [0.1, 0.15) is 5.56 Å². The van der Waals surface area contributed by atoms with E-state index in [2.05, 4.69) is 15.3 Å². The number of hydrogen-bond acceptors (Lipinski definition) is 4. The molecule has 0 saturated carbocycles. The molecule has 0 bridgehead atoms. The highest BCUT2D eigenvalue weighted by atomic mass is 35.5. The normalized spacial score (nSPS) is 10.6. The smallest absolute Gasteiger partial charge is 0.260 e. The summed E-state index contributed by atoms with van der Waals surface area (Å²) in [5, 5.41) is 4.02. The number of methoxy groups -OCH3 is 1. The Hall–Kier alpha value is -2.53. The molecule has 3 rings (SSSR count). The van der Waals surface area contributed by atoms with Gasteiger partial charge in [0.25, 0.3) is 5.56 Å². The first kappa shape index (κ1) is 14.4. The maximum absolute atomic E-state index is 12.0. The van der Waals surface area contributed by atoms with Crippen molar-refractivity contribution in [3.05, 3.63) is 63.4 Å². The fraction of sp³-hybridized carbons (Fsp3) is 0.125. The van der Waals surface area contributed by atoms with Crippen molar-refractivity contribution in [2.75, 3.05) is 12.4 Å². The summed E-state index contributed by atoms with van der Waals surface area (Å²) >= 11 is 6.10. The SMILES string of the molecule is COc1cccc(CNc2nc3c(Cl)cccc3c(=O)[nH]2)c1. The fourth-order valence-electron chi connectivity index (χ4n) is 2.18. The molecule has 0 saturated heterocycles. The molecule has 1 aromatic heterocycles. The van der Waals surface area contributed by atoms with Gasteiger partial charge in [0.05, 0.1) is 23.0 Å². The minimum absolute atomic E-state index is 0.222. The molecule has 0 atom stereocenters. The highest BCUT2D eigenvalue weighted by molar-refractivity contribution is 6.35. The molecule has 0 aliphatic carbocycles. The third kappa shape index (κ3) is 2.89. The van der Waals surface area contributed by atoms with E-state index >= 15 is 0 Å². The van der Waals surface area contributed by atoms with E-state index < -0.39 is 0 Å². The van der Waals surface area contributed by atoms with Crippen molar-refractivity contribution in [1.29, 1.82) is 0 Å². The molecule has 0 unspecified atom stereocenters. The molecule has 2 aromatic carbocycles. The average Bonchev–Trinajstić information content (AvgIpc) is 2.54. The monoisotopic (exact) mass is 315 g/mol. The van der Waals surface area contributed by atoms with E-state index in [4.69, 9.17) is 16.3 Å². The second kappa shape index (κ2) is 6.07. The summed E-state index contributed by atoms with van der Waals surface area (Å²) in [7, 11) is 1.62. The van der Waals surface area contributed by atoms with E-state index in [1.807, 2.05) is 24.3 Å². The Labute approximate surface area is 131 Å². The number of para-hydroxylation sites is 1. The first-order valence-corrected chi connectivity index (χ1v) is 7.10. The molecule has 0 aliphatic heterocycles. The van der Waals surface area contributed by atoms with Crippen molar-refractivity contribution < 1.29 is 4.74 Å². The summed E-state index contributed by atoms with van der Waals surface area (Å²) in [6, 6.07) is 12.8. The molecular weight excluding hydrogens is 302 g/mol. The summed E-state index contributed by atoms with van der Waals surface area (Å²) in [6.45, 7) is 0.510. The first-order chi connectivity index (χ1) is 10.7. The van der Waals surface area contributed by atoms with Crippen LogP contribution in [0, 0.1) is 0 Å². The number of ether oxygens (including phenoxy) is 1. The van der Waals surface area contributed by atoms with Crippen molar-refractivity contribution in [3.8, 4) is 5.75 Å². The van der Waals surface area contributed by atoms with Gasteiger partial charge in [-0.25, -0.2) is 4.98 Å². The predicted octanol–water partition coefficient (Wildman–Crippen LogP) is 3.20. The average molecular weight is 316 g/mol. The van der Waals surface area contributed by atoms with Crippen molar-refractivity contribution >= 4 is 28.5 Å². The van der Waals surface area contributed by atoms with Crippen molar-refractivity contribution in [2.24, 2.45) is 0 Å². The van der Waals surface area contributed by atoms with Crippen LogP contribution in [0.15, 0.2) is 47.3 Å². The van der Waals surface area contributed by atoms with Gasteiger partial charge in [-0.1, -0.05) is 29.8 Å². The zero-order valence-electron chi connectivity index (χ0n) is 11.9. The lowest BCUT2D eigenvalue weighted by atomic mass is 10.2. The molecule has 1 heterocycles. The summed E-state index contributed by atoms with van der Waals surface area (Å²) in [5.74, 6) is 1.16. The highest BCUT2D eigenvalue weighted by Crippen LogP contribution is 2.19. The lowest BCUT2D eigenvalue weighted by molar-refractivity contribution is 0.414. The van der Waals surface area contributed by atoms with Gasteiger partial charge < -0.3 is 10.1 Å². The van der Waals surface area contributed by atoms with E-state index in [1.165, 1.54) is 0 Å². The quantitative estimate of drug-likeness (QED) is 0.776. The number of nitrogens with one attached hydrogen (secondary N) is 2. The predicted molar refractivity (Wildman–Crippen MR) is 87.7 cm³/mol. The third-order valence-electron chi connectivity index (χ3n) is 3.28. The summed E-state index contributed by atoms with van der Waals surface area (Å²) in [6.07, 6.45) is 0. The second-order valence-corrected chi connectivity index (χ2v) is 5.16. The Kier molecular flexibility index (Phi) is 3.98. The van der Waals surface area contributed by atoms with Gasteiger partial charge in [-0.05, 0) is 29.8 Å². The van der Waals surface area contributed by atoms with Crippen LogP contribution in [0.25, 0.3) is 10.9 Å². The number of hydrogen-bond donors (Lipinski definition) is 2. The van der Waals surface area contributed by atoms with Gasteiger partial charge in [0.1, 0.15) is 5.75 Å². The molecule has 2 N–H and O–H groups in total. The van der Waals surface area contributed by atoms with Crippen molar-refractivity contribution in [2.45, 2.75) is 6.54 Å². The lowest BCUT2D eigenvalue weighted by Crippen LogP contribution is -2.13. The lowest BCUT2D eigenvalue weighted by Gasteiger charge is -2.08. The number of aromatic nitrogens is 2. The van der Waals surface area contributed by atoms with Crippen LogP contribution in [0.5, 0.6) is 5.75 Å². The highest BCUT2D eigenvalue weighted by Gasteiger charge is 2.06. The number of anilines is 1. The third-order valence-corrected chi connectivity index (χ3v) is 3.59. The summed E-state index contributed by atoms with van der Waals surface area (Å²) in [4.78, 5) is 19.1. The zero-order valence-corrected chi connectivity index (χ0v) is 12.6. The minimum Gasteiger partial charge on any atom is -0.497 e. The van der Waals surface area contributed by atoms with Crippen LogP contribution >= 0.6 is 11.6 Å². The first-order valence-electron chi connectivity index (χ1n) is 6.73. The summed E-state index contributed by atoms with van der Waals surface area (Å²) in [5.41, 5.74) is 1.28. The molecule has 0 fully saturated rings. The van der Waals surface area contributed by atoms with Crippen LogP contribution in [-0.2, 0) is 6.54 Å². The van der Waals surface area contributed by atoms with E-state index in [0.717, 1.165) is 11.3 Å². The zero-order chi connectivity index (χ0) is 15.5. The Balaban J connectivity index is 1.88. The largest absolute Gasteiger partial charge is 0.497 e. The van der Waals surface area contributed by atoms with Gasteiger partial charge in [0, 0.05) is 6.54 Å². The van der Waals surface area contributed by atoms with Gasteiger partial charge in [0.15, 0.2) is 0 Å². The van der Waals surface area contributed by atoms with Gasteiger partial charge >= 0.3 is 0 Å². The molecular formula is C16H14ClN3O2. The van der Waals surface area contributed by atoms with Gasteiger partial charge in [-0.2, -0.15) is 0 Å². The molecule has 0 amide bonds. The molecule has 0 aliphatic rings. The topological polar surface area (TPSA) is 67.0 Å². The van der Waals surface area contributed by atoms with Crippen LogP contribution < -0.4 is 15.6 Å². The summed E-state index contributed by atoms with van der Waals surface area (Å²) < 4.78 is 5.18. The number of H-pyrrole nitrogens is 1. The van der Waals surface area contributed by atoms with Crippen molar-refractivity contribution in [1.82, 2.24) is 9.97 Å². The molecule has 0 spiro atoms. The Morgan fingerprint density at radius 2 is 2.09 bits per heavy atom. The number of rotatable bonds is 4. The molecule has 22 heavy (non-hydrogen) atoms. The van der Waals surface area contributed by atoms with E-state index in [-0.39, 0.29) is 5.56 Å². The van der Waals surface area contributed by atoms with Crippen LogP contribution in [0.4, 0.5) is 5.95 Å². The van der Waals surface area contributed by atoms with E-state index in [9.17, 15) is 4.79 Å². The fourth-order valence-corrected chi connectivity index (χ4v) is 2.40. The van der Waals surface area contributed by atoms with E-state index in [0.29, 0.717) is 28.4 Å². The van der Waals surface area contributed by atoms with Crippen LogP contribution in [0.3, 0.4) is 0 Å². The van der Waals surface area contributed by atoms with Crippen molar-refractivity contribution in [3.63, 3.8) is 0 Å². The minimum atomic E-state index is -0.222. The van der Waals surface area contributed by atoms with Crippen LogP contribution in [-0.4, -0.2) is 17.1 Å². The Bertz CT molecular complexity index is 877. The van der Waals surface area contributed by atoms with Crippen LogP contribution in [0.2, 0.25) is 5.02 Å². The molecule has 112 valence electrons. The van der Waals surface area contributed by atoms with Gasteiger partial charge in [-0.15, -0.1) is 0 Å². The maximum atomic E-state index is 12.0. The molecule has 6 heteroatoms. The van der Waals surface area contributed by atoms with E-state index in [1.54, 1.807) is 25.3 Å². The molecule has 0 radical (unpaired) electrons. The molecule has 3 aromatic rings. The number of fused-ring (bicyclic) bond motifs is 1. The molecule has 5 nitrogen and oxygen atoms in total. The standard InChI is InChI=1S/C16H14ClN3O2/c1-22-11-5-2-4-10(8-11)9-18-16-19-14-12(15(21)20-16)6-3-7-13(14)17/h2-8H,9H2,1H3,(H2,18,19,20,21). The number of halogens is 1. The second-order valence-electron chi connectivity index (χ2n) is 4.76. The maximum Gasteiger partial charge on any atom is 0.260 e.